The van der Waals surface area contributed by atoms with E-state index >= 15 is 70.2 Å². The molecule has 0 saturated carbocycles. The molecule has 0 aliphatic rings. The third-order valence-corrected chi connectivity index (χ3v) is 13.8. The van der Waals surface area contributed by atoms with E-state index in [1.165, 1.54) is 7.14 Å². The monoisotopic (exact) mass is 1320 g/mol. The van der Waals surface area contributed by atoms with Crippen LogP contribution in [0.3, 0.4) is 0 Å². The minimum absolute atomic E-state index is 0.116. The smallest absolute Gasteiger partial charge is 0.422 e. The van der Waals surface area contributed by atoms with Crippen molar-refractivity contribution in [3.8, 4) is 5.75 Å². The van der Waals surface area contributed by atoms with Gasteiger partial charge in [0.1, 0.15) is 87.3 Å². The zero-order valence-electron chi connectivity index (χ0n) is 39.1. The van der Waals surface area contributed by atoms with Crippen molar-refractivity contribution < 1.29 is 163 Å². The molecule has 81 heavy (non-hydrogen) atoms. The topological polar surface area (TPSA) is 36.9 Å². The fourth-order valence-electron chi connectivity index (χ4n) is 7.86. The van der Waals surface area contributed by atoms with E-state index in [0.29, 0.717) is 39.6 Å². The fraction of sp³-hybridized carbons (Fsp3) is 0.234. The highest BCUT2D eigenvalue weighted by Crippen LogP contribution is 2.42. The lowest BCUT2D eigenvalue weighted by molar-refractivity contribution is -0.597. The summed E-state index contributed by atoms with van der Waals surface area (Å²) >= 11 is -0.116. The largest absolute Gasteiger partial charge is 0.491 e. The lowest BCUT2D eigenvalue weighted by Crippen LogP contribution is -3.61. The summed E-state index contributed by atoms with van der Waals surface area (Å²) in [4.78, 5) is 0. The van der Waals surface area contributed by atoms with Crippen LogP contribution in [0.4, 0.5) is 123 Å². The van der Waals surface area contributed by atoms with Gasteiger partial charge in [0.2, 0.25) is 0 Å². The second-order valence-corrected chi connectivity index (χ2v) is 19.0. The van der Waals surface area contributed by atoms with Gasteiger partial charge in [-0.15, -0.1) is 21.9 Å². The summed E-state index contributed by atoms with van der Waals surface area (Å²) in [5.41, 5.74) is -33.4. The SMILES string of the molecule is COCCOCCOCCOc1ccc([I+]c2ccccc2)cc1.Fc1c(F)c(C(F)(F)F)c(F)c(F)c1[B-](c1c(F)c(F)c(C(F)(F)F)c(F)c1F)(c1c(F)c(F)c(C(F)(F)F)c(F)c1F)c1c(F)c(F)c(C(F)(F)F)c(F)c1F. The van der Waals surface area contributed by atoms with Crippen molar-refractivity contribution in [3.05, 3.63) is 177 Å². The molecule has 0 aliphatic carbocycles. The molecule has 6 aromatic rings. The van der Waals surface area contributed by atoms with E-state index in [0.717, 1.165) is 5.75 Å². The summed E-state index contributed by atoms with van der Waals surface area (Å²) in [6.07, 6.45) is -35.7. The second-order valence-electron chi connectivity index (χ2n) is 15.9. The molecular weight excluding hydrogens is 1300 g/mol. The molecule has 4 nitrogen and oxygen atoms in total. The number of alkyl halides is 12. The maximum Gasteiger partial charge on any atom is 0.422 e. The van der Waals surface area contributed by atoms with Crippen LogP contribution in [-0.2, 0) is 38.9 Å². The van der Waals surface area contributed by atoms with E-state index in [1.54, 1.807) is 7.11 Å². The Morgan fingerprint density at radius 1 is 0.321 bits per heavy atom. The Kier molecular flexibility index (Phi) is 20.4. The van der Waals surface area contributed by atoms with Crippen LogP contribution in [0.1, 0.15) is 22.3 Å². The molecule has 0 bridgehead atoms. The molecule has 0 aromatic heterocycles. The average molecular weight is 1320 g/mol. The van der Waals surface area contributed by atoms with Gasteiger partial charge in [-0.2, -0.15) is 52.7 Å². The number of methoxy groups -OCH3 is 1. The number of rotatable bonds is 16. The highest BCUT2D eigenvalue weighted by atomic mass is 127. The molecule has 34 heteroatoms. The predicted octanol–water partition coefficient (Wildman–Crippen LogP) is 9.24. The first-order valence-electron chi connectivity index (χ1n) is 21.4. The summed E-state index contributed by atoms with van der Waals surface area (Å²) < 4.78 is 433. The van der Waals surface area contributed by atoms with Crippen molar-refractivity contribution in [1.29, 1.82) is 0 Å². The van der Waals surface area contributed by atoms with Crippen LogP contribution in [0, 0.1) is 100 Å². The standard InChI is InChI=1S/C28BF28.C19H24IO4/c30-9-1(25(46,47)48)10(31)18(39)5(17(9)38)29(6-19(40)11(32)2(26(49,50)51)12(33)20(6)41,7-21(42)13(34)3(27(52,53)54)14(35)22(7)43)8-23(44)15(36)4(28(55,56)57)16(37)24(8)45;1-21-11-12-22-13-14-23-15-16-24-19-9-7-18(8-10-19)20-17-5-3-2-4-6-17/h;2-10H,11-16H2,1H3/q-1;+1. The molecule has 0 saturated heterocycles. The second kappa shape index (κ2) is 25.1. The Labute approximate surface area is 444 Å². The maximum absolute atomic E-state index is 15.9. The Morgan fingerprint density at radius 3 is 0.827 bits per heavy atom. The van der Waals surface area contributed by atoms with Gasteiger partial charge in [-0.05, 0) is 36.4 Å². The zero-order chi connectivity index (χ0) is 61.2. The van der Waals surface area contributed by atoms with Gasteiger partial charge in [-0.1, -0.05) is 18.2 Å². The molecule has 442 valence electrons. The van der Waals surface area contributed by atoms with Gasteiger partial charge in [0, 0.05) is 7.11 Å². The highest BCUT2D eigenvalue weighted by Gasteiger charge is 2.56. The van der Waals surface area contributed by atoms with Gasteiger partial charge >= 0.3 is 45.9 Å². The number of hydrogen-bond donors (Lipinski definition) is 0. The van der Waals surface area contributed by atoms with Gasteiger partial charge in [0.05, 0.1) is 33.0 Å². The van der Waals surface area contributed by atoms with Crippen molar-refractivity contribution in [3.63, 3.8) is 0 Å². The summed E-state index contributed by atoms with van der Waals surface area (Å²) in [7, 11) is 1.66. The van der Waals surface area contributed by atoms with Crippen molar-refractivity contribution in [2.45, 2.75) is 24.7 Å². The molecule has 0 radical (unpaired) electrons. The van der Waals surface area contributed by atoms with Crippen molar-refractivity contribution >= 4 is 28.0 Å². The van der Waals surface area contributed by atoms with Crippen molar-refractivity contribution in [2.24, 2.45) is 0 Å². The molecule has 0 atom stereocenters. The van der Waals surface area contributed by atoms with Gasteiger partial charge in [-0.25, -0.2) is 70.2 Å². The summed E-state index contributed by atoms with van der Waals surface area (Å²) in [5, 5.41) is 0. The maximum atomic E-state index is 15.9. The van der Waals surface area contributed by atoms with Crippen LogP contribution in [-0.4, -0.2) is 52.9 Å². The Hall–Kier alpha value is -6.17. The minimum atomic E-state index is -8.18. The molecule has 0 spiro atoms. The van der Waals surface area contributed by atoms with Crippen LogP contribution >= 0.6 is 0 Å². The Balaban J connectivity index is 0.000000416. The van der Waals surface area contributed by atoms with Gasteiger partial charge < -0.3 is 18.9 Å². The van der Waals surface area contributed by atoms with Gasteiger partial charge in [0.25, 0.3) is 0 Å². The summed E-state index contributed by atoms with van der Waals surface area (Å²) in [5.74, 6) is -69.0. The van der Waals surface area contributed by atoms with Crippen molar-refractivity contribution in [1.82, 2.24) is 0 Å². The number of benzene rings is 6. The van der Waals surface area contributed by atoms with E-state index in [2.05, 4.69) is 42.5 Å². The lowest BCUT2D eigenvalue weighted by Gasteiger charge is -2.45. The third kappa shape index (κ3) is 13.1. The predicted molar refractivity (Wildman–Crippen MR) is 219 cm³/mol. The molecule has 0 unspecified atom stereocenters. The van der Waals surface area contributed by atoms with Crippen LogP contribution in [0.2, 0.25) is 0 Å². The molecule has 0 heterocycles. The van der Waals surface area contributed by atoms with Gasteiger partial charge in [-0.3, -0.25) is 0 Å². The molecule has 0 fully saturated rings. The van der Waals surface area contributed by atoms with Crippen molar-refractivity contribution in [2.75, 3.05) is 46.8 Å². The minimum Gasteiger partial charge on any atom is -0.491 e. The summed E-state index contributed by atoms with van der Waals surface area (Å²) in [6, 6.07) is 19.0. The van der Waals surface area contributed by atoms with Crippen LogP contribution in [0.25, 0.3) is 0 Å². The molecule has 0 N–H and O–H groups in total. The number of hydrogen-bond acceptors (Lipinski definition) is 4. The first-order valence-corrected chi connectivity index (χ1v) is 23.6. The van der Waals surface area contributed by atoms with E-state index in [9.17, 15) is 52.7 Å². The Bertz CT molecular complexity index is 2830. The molecule has 0 aliphatic heterocycles. The van der Waals surface area contributed by atoms with Gasteiger partial charge in [0.15, 0.2) is 53.7 Å². The normalized spacial score (nSPS) is 12.5. The van der Waals surface area contributed by atoms with Crippen LogP contribution in [0.15, 0.2) is 54.6 Å². The van der Waals surface area contributed by atoms with Crippen LogP contribution in [0.5, 0.6) is 5.75 Å². The Morgan fingerprint density at radius 2 is 0.568 bits per heavy atom. The molecular formula is C47H24BF28IO4. The molecule has 0 amide bonds. The fourth-order valence-corrected chi connectivity index (χ4v) is 10.1. The third-order valence-electron chi connectivity index (χ3n) is 11.1. The average Bonchev–Trinajstić information content (AvgIpc) is 1.78. The quantitative estimate of drug-likeness (QED) is 0.0319. The summed E-state index contributed by atoms with van der Waals surface area (Å²) in [6.45, 7) is 3.49. The molecule has 6 aromatic carbocycles. The number of ether oxygens (including phenoxy) is 4. The first kappa shape index (κ1) is 65.6. The first-order chi connectivity index (χ1) is 37.4. The van der Waals surface area contributed by atoms with E-state index in [1.807, 2.05) is 12.1 Å². The lowest BCUT2D eigenvalue weighted by atomic mass is 9.12. The number of halogens is 29. The van der Waals surface area contributed by atoms with Crippen LogP contribution < -0.4 is 47.8 Å². The zero-order valence-corrected chi connectivity index (χ0v) is 41.3. The molecule has 6 rings (SSSR count). The van der Waals surface area contributed by atoms with E-state index in [4.69, 9.17) is 18.9 Å². The van der Waals surface area contributed by atoms with E-state index in [-0.39, 0.29) is 21.2 Å². The highest BCUT2D eigenvalue weighted by molar-refractivity contribution is 7.20. The van der Waals surface area contributed by atoms with E-state index < -0.39 is 168 Å².